The molecule has 3 heterocycles. The molecule has 2 aromatic rings. The van der Waals surface area contributed by atoms with Gasteiger partial charge in [0.25, 0.3) is 5.91 Å². The topological polar surface area (TPSA) is 155 Å². The van der Waals surface area contributed by atoms with E-state index >= 15 is 0 Å². The van der Waals surface area contributed by atoms with Gasteiger partial charge in [-0.25, -0.2) is 14.5 Å². The standard InChI is InChI=1S/C45H62N4O9Si/c1-10-21-56-42(54)47-20-12-13-33(47)39(52)46-38(28(3)11-2)37(51)23-30-14-16-31(17-15-30)26-57-43(55)49-34-24-36(50)29(4)22-32(34)40(53)48-27-45(18-19-45)25-35(48)41(49)58-59(8,9)44(5,6)7/h10,14-17,22,24,28,33,35,38,41,50H,1,11-13,18-21,23,25-27H2,2-9H3,(H,46,52)/t28-,33+,35-,38-,41?/m0/s1. The van der Waals surface area contributed by atoms with Gasteiger partial charge in [-0.05, 0) is 91.2 Å². The number of phenolic OH excluding ortho intramolecular Hbond substituents is 1. The molecule has 3 fully saturated rings. The quantitative estimate of drug-likeness (QED) is 0.153. The van der Waals surface area contributed by atoms with Crippen molar-refractivity contribution in [3.05, 3.63) is 71.3 Å². The predicted molar refractivity (Wildman–Crippen MR) is 226 cm³/mol. The number of amides is 4. The third-order valence-corrected chi connectivity index (χ3v) is 17.8. The van der Waals surface area contributed by atoms with Crippen LogP contribution in [0.15, 0.2) is 49.1 Å². The maximum Gasteiger partial charge on any atom is 0.416 e. The molecule has 320 valence electrons. The van der Waals surface area contributed by atoms with Crippen molar-refractivity contribution in [2.24, 2.45) is 11.3 Å². The SMILES string of the molecule is C=CCOC(=O)N1CCC[C@@H]1C(=O)N[C@H](C(=O)Cc1ccc(COC(=O)N2c3cc(O)c(C)cc3C(=O)N3CC4(CC4)C[C@H]3C2O[Si](C)(C)C(C)(C)C)cc1)[C@@H](C)CC. The van der Waals surface area contributed by atoms with Crippen molar-refractivity contribution in [1.82, 2.24) is 15.1 Å². The Morgan fingerprint density at radius 1 is 1.07 bits per heavy atom. The second-order valence-corrected chi connectivity index (χ2v) is 23.4. The molecule has 2 N–H and O–H groups in total. The number of hydrogen-bond donors (Lipinski definition) is 2. The normalized spacial score (nSPS) is 21.9. The van der Waals surface area contributed by atoms with Crippen LogP contribution in [0.3, 0.4) is 0 Å². The Labute approximate surface area is 349 Å². The van der Waals surface area contributed by atoms with Gasteiger partial charge in [-0.2, -0.15) is 0 Å². The first kappa shape index (κ1) is 43.9. The van der Waals surface area contributed by atoms with Crippen molar-refractivity contribution >= 4 is 43.8 Å². The van der Waals surface area contributed by atoms with Gasteiger partial charge in [0.2, 0.25) is 5.91 Å². The van der Waals surface area contributed by atoms with E-state index in [1.54, 1.807) is 37.3 Å². The summed E-state index contributed by atoms with van der Waals surface area (Å²) < 4.78 is 18.3. The highest BCUT2D eigenvalue weighted by atomic mass is 28.4. The summed E-state index contributed by atoms with van der Waals surface area (Å²) in [5.41, 5.74) is 2.56. The second kappa shape index (κ2) is 17.1. The first-order valence-corrected chi connectivity index (χ1v) is 23.9. The lowest BCUT2D eigenvalue weighted by Gasteiger charge is -2.44. The summed E-state index contributed by atoms with van der Waals surface area (Å²) in [6.07, 6.45) is 4.00. The maximum absolute atomic E-state index is 14.5. The first-order chi connectivity index (χ1) is 27.8. The lowest BCUT2D eigenvalue weighted by Crippen LogP contribution is -2.58. The summed E-state index contributed by atoms with van der Waals surface area (Å²) in [4.78, 5) is 73.3. The van der Waals surface area contributed by atoms with E-state index in [9.17, 15) is 29.1 Å². The number of aromatic hydroxyl groups is 1. The minimum absolute atomic E-state index is 0.0238. The molecule has 2 saturated heterocycles. The molecule has 6 rings (SSSR count). The van der Waals surface area contributed by atoms with E-state index < -0.39 is 44.9 Å². The number of aryl methyl sites for hydroxylation is 1. The average Bonchev–Trinajstić information content (AvgIpc) is 3.59. The van der Waals surface area contributed by atoms with Gasteiger partial charge in [-0.3, -0.25) is 19.3 Å². The van der Waals surface area contributed by atoms with Gasteiger partial charge in [-0.15, -0.1) is 0 Å². The molecule has 0 aromatic heterocycles. The number of likely N-dealkylation sites (tertiary alicyclic amines) is 1. The number of hydrogen-bond acceptors (Lipinski definition) is 9. The number of ketones is 1. The third kappa shape index (κ3) is 9.23. The van der Waals surface area contributed by atoms with Gasteiger partial charge in [0.1, 0.15) is 25.0 Å². The van der Waals surface area contributed by atoms with Crippen LogP contribution in [0.2, 0.25) is 18.1 Å². The fraction of sp³-hybridized carbons (Fsp3) is 0.578. The Morgan fingerprint density at radius 2 is 1.75 bits per heavy atom. The van der Waals surface area contributed by atoms with Crippen LogP contribution in [0, 0.1) is 18.3 Å². The van der Waals surface area contributed by atoms with Gasteiger partial charge in [-0.1, -0.05) is 78.0 Å². The Kier molecular flexibility index (Phi) is 12.7. The number of anilines is 1. The average molecular weight is 831 g/mol. The molecule has 2 aromatic carbocycles. The Balaban J connectivity index is 1.18. The minimum atomic E-state index is -2.53. The molecule has 1 unspecified atom stereocenters. The molecule has 1 saturated carbocycles. The van der Waals surface area contributed by atoms with Crippen LogP contribution in [-0.2, 0) is 36.5 Å². The highest BCUT2D eigenvalue weighted by Crippen LogP contribution is 2.57. The highest BCUT2D eigenvalue weighted by Gasteiger charge is 2.59. The highest BCUT2D eigenvalue weighted by molar-refractivity contribution is 6.74. The summed E-state index contributed by atoms with van der Waals surface area (Å²) in [5.74, 6) is -0.888. The molecular weight excluding hydrogens is 769 g/mol. The molecule has 4 aliphatic rings. The number of ether oxygens (including phenoxy) is 2. The van der Waals surface area contributed by atoms with Crippen LogP contribution in [0.5, 0.6) is 5.75 Å². The number of carbonyl (C=O) groups is 5. The molecule has 0 bridgehead atoms. The van der Waals surface area contributed by atoms with Crippen molar-refractivity contribution in [3.63, 3.8) is 0 Å². The van der Waals surface area contributed by atoms with E-state index in [2.05, 4.69) is 45.8 Å². The van der Waals surface area contributed by atoms with Crippen molar-refractivity contribution in [2.75, 3.05) is 24.6 Å². The summed E-state index contributed by atoms with van der Waals surface area (Å²) in [7, 11) is -2.53. The van der Waals surface area contributed by atoms with Gasteiger partial charge < -0.3 is 29.2 Å². The number of rotatable bonds is 13. The molecular formula is C45H62N4O9Si. The predicted octanol–water partition coefficient (Wildman–Crippen LogP) is 7.63. The van der Waals surface area contributed by atoms with Crippen LogP contribution in [0.1, 0.15) is 100 Å². The molecule has 14 heteroatoms. The zero-order chi connectivity index (χ0) is 43.0. The first-order valence-electron chi connectivity index (χ1n) is 21.0. The molecule has 0 radical (unpaired) electrons. The van der Waals surface area contributed by atoms with Gasteiger partial charge >= 0.3 is 12.2 Å². The molecule has 5 atom stereocenters. The number of carbonyl (C=O) groups excluding carboxylic acids is 5. The molecule has 1 spiro atoms. The van der Waals surface area contributed by atoms with E-state index in [4.69, 9.17) is 13.9 Å². The zero-order valence-corrected chi connectivity index (χ0v) is 37.0. The van der Waals surface area contributed by atoms with Crippen molar-refractivity contribution in [3.8, 4) is 5.75 Å². The van der Waals surface area contributed by atoms with Gasteiger partial charge in [0.05, 0.1) is 23.3 Å². The largest absolute Gasteiger partial charge is 0.508 e. The molecule has 1 aliphatic carbocycles. The Hall–Kier alpha value is -4.69. The summed E-state index contributed by atoms with van der Waals surface area (Å²) in [5, 5.41) is 13.7. The summed E-state index contributed by atoms with van der Waals surface area (Å²) in [6, 6.07) is 8.48. The summed E-state index contributed by atoms with van der Waals surface area (Å²) in [6.45, 7) is 20.8. The van der Waals surface area contributed by atoms with Gasteiger partial charge in [0, 0.05) is 25.6 Å². The maximum atomic E-state index is 14.5. The number of benzene rings is 2. The van der Waals surface area contributed by atoms with E-state index in [-0.39, 0.29) is 65.0 Å². The molecule has 13 nitrogen and oxygen atoms in total. The van der Waals surface area contributed by atoms with Gasteiger partial charge in [0.15, 0.2) is 20.3 Å². The molecule has 3 aliphatic heterocycles. The fourth-order valence-electron chi connectivity index (χ4n) is 8.22. The monoisotopic (exact) mass is 830 g/mol. The van der Waals surface area contributed by atoms with E-state index in [0.717, 1.165) is 18.4 Å². The lowest BCUT2D eigenvalue weighted by molar-refractivity contribution is -0.131. The van der Waals surface area contributed by atoms with Crippen LogP contribution in [0.4, 0.5) is 15.3 Å². The van der Waals surface area contributed by atoms with Crippen LogP contribution < -0.4 is 10.2 Å². The lowest BCUT2D eigenvalue weighted by atomic mass is 9.91. The van der Waals surface area contributed by atoms with Crippen molar-refractivity contribution < 1.29 is 43.0 Å². The number of nitrogens with one attached hydrogen (secondary N) is 1. The Morgan fingerprint density at radius 3 is 2.37 bits per heavy atom. The zero-order valence-electron chi connectivity index (χ0n) is 36.0. The number of phenols is 1. The molecule has 59 heavy (non-hydrogen) atoms. The number of fused-ring (bicyclic) bond motifs is 2. The van der Waals surface area contributed by atoms with Crippen molar-refractivity contribution in [1.29, 1.82) is 0 Å². The summed E-state index contributed by atoms with van der Waals surface area (Å²) >= 11 is 0. The smallest absolute Gasteiger partial charge is 0.416 e. The van der Waals surface area contributed by atoms with E-state index in [1.807, 2.05) is 18.7 Å². The number of nitrogens with zero attached hydrogens (tertiary/aromatic N) is 3. The van der Waals surface area contributed by atoms with E-state index in [0.29, 0.717) is 55.5 Å². The molecule has 4 amide bonds. The van der Waals surface area contributed by atoms with Crippen molar-refractivity contribution in [2.45, 2.75) is 136 Å². The Bertz CT molecular complexity index is 1960. The number of Topliss-reactive ketones (excluding diaryl/α,β-unsaturated/α-hetero) is 1. The fourth-order valence-corrected chi connectivity index (χ4v) is 9.44. The third-order valence-electron chi connectivity index (χ3n) is 13.3. The van der Waals surface area contributed by atoms with E-state index in [1.165, 1.54) is 21.9 Å². The minimum Gasteiger partial charge on any atom is -0.508 e. The van der Waals surface area contributed by atoms with Crippen LogP contribution in [0.25, 0.3) is 0 Å². The van der Waals surface area contributed by atoms with Crippen LogP contribution >= 0.6 is 0 Å². The van der Waals surface area contributed by atoms with Crippen LogP contribution in [-0.4, -0.2) is 97.1 Å². The second-order valence-electron chi connectivity index (χ2n) is 18.6.